The van der Waals surface area contributed by atoms with Gasteiger partial charge in [0.05, 0.1) is 7.11 Å². The normalized spacial score (nSPS) is 20.6. The van der Waals surface area contributed by atoms with Gasteiger partial charge in [0.25, 0.3) is 0 Å². The maximum Gasteiger partial charge on any atom is 0.235 e. The number of ether oxygens (including phenoxy) is 1. The molecule has 1 aliphatic heterocycles. The Balaban J connectivity index is 1.83. The summed E-state index contributed by atoms with van der Waals surface area (Å²) in [6, 6.07) is 9.89. The third-order valence-corrected chi connectivity index (χ3v) is 4.40. The number of rotatable bonds is 4. The molecule has 1 aromatic heterocycles. The predicted molar refractivity (Wildman–Crippen MR) is 98.3 cm³/mol. The van der Waals surface area contributed by atoms with Gasteiger partial charge >= 0.3 is 0 Å². The number of oxazole rings is 1. The predicted octanol–water partition coefficient (Wildman–Crippen LogP) is 4.21. The number of hydrogen-bond acceptors (Lipinski definition) is 5. The minimum atomic E-state index is 0.353. The van der Waals surface area contributed by atoms with Crippen molar-refractivity contribution < 1.29 is 9.15 Å². The molecule has 5 nitrogen and oxygen atoms in total. The van der Waals surface area contributed by atoms with Crippen LogP contribution in [0.4, 0.5) is 5.88 Å². The van der Waals surface area contributed by atoms with Crippen LogP contribution in [0.25, 0.3) is 12.2 Å². The fraction of sp³-hybridized carbons (Fsp3) is 0.400. The molecule has 1 fully saturated rings. The van der Waals surface area contributed by atoms with Crippen molar-refractivity contribution in [2.75, 3.05) is 25.1 Å². The molecule has 25 heavy (non-hydrogen) atoms. The third-order valence-electron chi connectivity index (χ3n) is 4.40. The van der Waals surface area contributed by atoms with Crippen molar-refractivity contribution in [3.8, 4) is 11.8 Å². The Morgan fingerprint density at radius 1 is 1.28 bits per heavy atom. The molecule has 5 heteroatoms. The number of hydrogen-bond donors (Lipinski definition) is 0. The van der Waals surface area contributed by atoms with E-state index in [1.807, 2.05) is 30.3 Å². The first kappa shape index (κ1) is 17.1. The summed E-state index contributed by atoms with van der Waals surface area (Å²) in [6.07, 6.45) is 4.89. The van der Waals surface area contributed by atoms with E-state index in [0.717, 1.165) is 24.4 Å². The van der Waals surface area contributed by atoms with Crippen LogP contribution >= 0.6 is 0 Å². The fourth-order valence-electron chi connectivity index (χ4n) is 3.43. The summed E-state index contributed by atoms with van der Waals surface area (Å²) in [4.78, 5) is 6.47. The van der Waals surface area contributed by atoms with E-state index in [9.17, 15) is 5.26 Å². The summed E-state index contributed by atoms with van der Waals surface area (Å²) < 4.78 is 11.1. The molecule has 2 aromatic rings. The van der Waals surface area contributed by atoms with Crippen molar-refractivity contribution in [1.29, 1.82) is 5.26 Å². The molecule has 0 spiro atoms. The van der Waals surface area contributed by atoms with Crippen LogP contribution in [0.2, 0.25) is 0 Å². The number of anilines is 1. The summed E-state index contributed by atoms with van der Waals surface area (Å²) in [5.41, 5.74) is 1.34. The Morgan fingerprint density at radius 2 is 2.04 bits per heavy atom. The maximum atomic E-state index is 9.41. The lowest BCUT2D eigenvalue weighted by molar-refractivity contribution is 0.342. The van der Waals surface area contributed by atoms with E-state index in [1.165, 1.54) is 6.42 Å². The molecule has 1 aromatic carbocycles. The summed E-state index contributed by atoms with van der Waals surface area (Å²) >= 11 is 0. The zero-order chi connectivity index (χ0) is 17.8. The second-order valence-electron chi connectivity index (χ2n) is 6.78. The molecule has 3 rings (SSSR count). The van der Waals surface area contributed by atoms with Gasteiger partial charge in [-0.2, -0.15) is 10.2 Å². The van der Waals surface area contributed by atoms with Crippen molar-refractivity contribution in [2.24, 2.45) is 11.8 Å². The van der Waals surface area contributed by atoms with E-state index in [1.54, 1.807) is 13.2 Å². The number of methoxy groups -OCH3 is 1. The largest absolute Gasteiger partial charge is 0.497 e. The Morgan fingerprint density at radius 3 is 2.72 bits per heavy atom. The van der Waals surface area contributed by atoms with Gasteiger partial charge in [-0.1, -0.05) is 26.0 Å². The van der Waals surface area contributed by atoms with Crippen LogP contribution in [-0.2, 0) is 0 Å². The topological polar surface area (TPSA) is 62.3 Å². The van der Waals surface area contributed by atoms with Gasteiger partial charge in [-0.3, -0.25) is 0 Å². The van der Waals surface area contributed by atoms with Gasteiger partial charge in [-0.05, 0) is 42.0 Å². The zero-order valence-corrected chi connectivity index (χ0v) is 14.9. The molecule has 2 heterocycles. The molecular formula is C20H23N3O2. The average Bonchev–Trinajstić information content (AvgIpc) is 3.03. The molecular weight excluding hydrogens is 314 g/mol. The lowest BCUT2D eigenvalue weighted by Gasteiger charge is -2.34. The second kappa shape index (κ2) is 7.43. The first-order valence-electron chi connectivity index (χ1n) is 8.57. The number of aromatic nitrogens is 1. The molecule has 0 saturated carbocycles. The molecule has 0 amide bonds. The van der Waals surface area contributed by atoms with Crippen molar-refractivity contribution in [2.45, 2.75) is 20.3 Å². The maximum absolute atomic E-state index is 9.41. The highest BCUT2D eigenvalue weighted by atomic mass is 16.5. The molecule has 0 N–H and O–H groups in total. The van der Waals surface area contributed by atoms with Crippen LogP contribution in [-0.4, -0.2) is 25.2 Å². The van der Waals surface area contributed by atoms with E-state index >= 15 is 0 Å². The van der Waals surface area contributed by atoms with Crippen molar-refractivity contribution >= 4 is 18.0 Å². The number of nitrogens with zero attached hydrogens (tertiary/aromatic N) is 3. The minimum Gasteiger partial charge on any atom is -0.497 e. The van der Waals surface area contributed by atoms with E-state index in [-0.39, 0.29) is 0 Å². The first-order valence-corrected chi connectivity index (χ1v) is 8.57. The molecule has 1 saturated heterocycles. The Kier molecular flexibility index (Phi) is 5.08. The van der Waals surface area contributed by atoms with Gasteiger partial charge < -0.3 is 14.1 Å². The summed E-state index contributed by atoms with van der Waals surface area (Å²) in [5.74, 6) is 2.99. The minimum absolute atomic E-state index is 0.353. The number of nitriles is 1. The summed E-state index contributed by atoms with van der Waals surface area (Å²) in [6.45, 7) is 6.25. The quantitative estimate of drug-likeness (QED) is 0.836. The van der Waals surface area contributed by atoms with E-state index < -0.39 is 0 Å². The van der Waals surface area contributed by atoms with Gasteiger partial charge in [-0.15, -0.1) is 0 Å². The molecule has 2 atom stereocenters. The second-order valence-corrected chi connectivity index (χ2v) is 6.78. The molecule has 130 valence electrons. The van der Waals surface area contributed by atoms with Crippen LogP contribution in [0.15, 0.2) is 28.7 Å². The lowest BCUT2D eigenvalue weighted by Crippen LogP contribution is -2.38. The van der Waals surface area contributed by atoms with Gasteiger partial charge in [0, 0.05) is 19.2 Å². The zero-order valence-electron chi connectivity index (χ0n) is 14.9. The van der Waals surface area contributed by atoms with Crippen LogP contribution in [0, 0.1) is 23.2 Å². The Labute approximate surface area is 148 Å². The first-order chi connectivity index (χ1) is 12.1. The standard InChI is InChI=1S/C20H23N3O2/c1-14-9-15(2)13-23(12-14)20-18(11-21)22-19(25-20)8-7-16-5-4-6-17(10-16)24-3/h4-8,10,14-15H,9,12-13H2,1-3H3/b8-7+/t14-,15-/m1/s1. The summed E-state index contributed by atoms with van der Waals surface area (Å²) in [5, 5.41) is 9.41. The third kappa shape index (κ3) is 4.03. The van der Waals surface area contributed by atoms with Crippen LogP contribution < -0.4 is 9.64 Å². The lowest BCUT2D eigenvalue weighted by atomic mass is 9.92. The van der Waals surface area contributed by atoms with Gasteiger partial charge in [0.15, 0.2) is 0 Å². The van der Waals surface area contributed by atoms with Crippen LogP contribution in [0.3, 0.4) is 0 Å². The van der Waals surface area contributed by atoms with Gasteiger partial charge in [0.2, 0.25) is 17.5 Å². The number of benzene rings is 1. The highest BCUT2D eigenvalue weighted by Crippen LogP contribution is 2.30. The molecule has 1 aliphatic rings. The molecule has 0 unspecified atom stereocenters. The van der Waals surface area contributed by atoms with Crippen LogP contribution in [0.5, 0.6) is 5.75 Å². The fourth-order valence-corrected chi connectivity index (χ4v) is 3.43. The van der Waals surface area contributed by atoms with Crippen molar-refractivity contribution in [1.82, 2.24) is 4.98 Å². The monoisotopic (exact) mass is 337 g/mol. The van der Waals surface area contributed by atoms with Crippen LogP contribution in [0.1, 0.15) is 37.4 Å². The molecule has 0 radical (unpaired) electrons. The molecule has 0 aliphatic carbocycles. The van der Waals surface area contributed by atoms with Crippen molar-refractivity contribution in [3.05, 3.63) is 41.4 Å². The average molecular weight is 337 g/mol. The van der Waals surface area contributed by atoms with E-state index in [0.29, 0.717) is 29.3 Å². The molecule has 0 bridgehead atoms. The Bertz CT molecular complexity index is 794. The Hall–Kier alpha value is -2.74. The SMILES string of the molecule is COc1cccc(/C=C/c2nc(C#N)c(N3C[C@H](C)C[C@@H](C)C3)o2)c1. The van der Waals surface area contributed by atoms with E-state index in [2.05, 4.69) is 29.8 Å². The van der Waals surface area contributed by atoms with E-state index in [4.69, 9.17) is 9.15 Å². The van der Waals surface area contributed by atoms with Crippen molar-refractivity contribution in [3.63, 3.8) is 0 Å². The smallest absolute Gasteiger partial charge is 0.235 e. The summed E-state index contributed by atoms with van der Waals surface area (Å²) in [7, 11) is 1.64. The number of piperidine rings is 1. The highest BCUT2D eigenvalue weighted by Gasteiger charge is 2.27. The highest BCUT2D eigenvalue weighted by molar-refractivity contribution is 5.68. The van der Waals surface area contributed by atoms with Gasteiger partial charge in [-0.25, -0.2) is 0 Å². The van der Waals surface area contributed by atoms with Gasteiger partial charge in [0.1, 0.15) is 11.8 Å².